The van der Waals surface area contributed by atoms with Gasteiger partial charge in [0.05, 0.1) is 6.54 Å². The fourth-order valence-corrected chi connectivity index (χ4v) is 3.04. The number of nitrogens with one attached hydrogen (secondary N) is 1. The molecule has 26 heavy (non-hydrogen) atoms. The Kier molecular flexibility index (Phi) is 9.40. The number of carbonyl (C=O) groups is 1. The monoisotopic (exact) mass is 401 g/mol. The van der Waals surface area contributed by atoms with E-state index in [1.807, 2.05) is 24.3 Å². The maximum Gasteiger partial charge on any atom is 0.224 e. The molecule has 3 rings (SSSR count). The van der Waals surface area contributed by atoms with Crippen molar-refractivity contribution in [3.8, 4) is 5.75 Å². The molecule has 0 aliphatic heterocycles. The summed E-state index contributed by atoms with van der Waals surface area (Å²) >= 11 is 0. The van der Waals surface area contributed by atoms with Gasteiger partial charge in [-0.05, 0) is 30.9 Å². The van der Waals surface area contributed by atoms with E-state index in [0.29, 0.717) is 31.2 Å². The molecule has 0 radical (unpaired) electrons. The minimum absolute atomic E-state index is 0. The molecule has 2 aromatic rings. The molecular weight excluding hydrogens is 377 g/mol. The first-order valence-electron chi connectivity index (χ1n) is 8.31. The minimum atomic E-state index is 0. The number of hydrogen-bond donors (Lipinski definition) is 2. The molecule has 7 nitrogen and oxygen atoms in total. The van der Waals surface area contributed by atoms with Gasteiger partial charge >= 0.3 is 0 Å². The summed E-state index contributed by atoms with van der Waals surface area (Å²) in [6, 6.07) is 7.57. The van der Waals surface area contributed by atoms with Crippen LogP contribution in [0.15, 0.2) is 36.9 Å². The largest absolute Gasteiger partial charge is 0.492 e. The number of benzene rings is 1. The molecule has 1 heterocycles. The van der Waals surface area contributed by atoms with Gasteiger partial charge in [0.15, 0.2) is 0 Å². The van der Waals surface area contributed by atoms with Gasteiger partial charge in [0.1, 0.15) is 25.0 Å². The third kappa shape index (κ3) is 6.48. The van der Waals surface area contributed by atoms with Gasteiger partial charge in [0, 0.05) is 24.2 Å². The van der Waals surface area contributed by atoms with Crippen LogP contribution in [0.1, 0.15) is 25.7 Å². The highest BCUT2D eigenvalue weighted by atomic mass is 35.5. The van der Waals surface area contributed by atoms with E-state index in [1.54, 1.807) is 11.0 Å². The lowest BCUT2D eigenvalue weighted by Crippen LogP contribution is -2.28. The Labute approximate surface area is 165 Å². The van der Waals surface area contributed by atoms with Gasteiger partial charge in [0.2, 0.25) is 5.91 Å². The van der Waals surface area contributed by atoms with Crippen molar-refractivity contribution in [1.29, 1.82) is 0 Å². The zero-order chi connectivity index (χ0) is 16.8. The summed E-state index contributed by atoms with van der Waals surface area (Å²) < 4.78 is 7.40. The maximum atomic E-state index is 12.2. The fourth-order valence-electron chi connectivity index (χ4n) is 3.04. The molecule has 144 valence electrons. The normalized spacial score (nSPS) is 18.5. The Morgan fingerprint density at radius 3 is 2.88 bits per heavy atom. The van der Waals surface area contributed by atoms with Gasteiger partial charge in [-0.25, -0.2) is 9.67 Å². The molecule has 3 N–H and O–H groups in total. The molecule has 9 heteroatoms. The van der Waals surface area contributed by atoms with Crippen LogP contribution >= 0.6 is 24.8 Å². The van der Waals surface area contributed by atoms with Crippen molar-refractivity contribution in [2.45, 2.75) is 38.3 Å². The number of hydrogen-bond acceptors (Lipinski definition) is 5. The van der Waals surface area contributed by atoms with Gasteiger partial charge in [-0.1, -0.05) is 12.5 Å². The highest BCUT2D eigenvalue weighted by Crippen LogP contribution is 2.27. The molecule has 1 aromatic carbocycles. The summed E-state index contributed by atoms with van der Waals surface area (Å²) in [5.41, 5.74) is 6.77. The van der Waals surface area contributed by atoms with Crippen LogP contribution in [0.4, 0.5) is 5.69 Å². The van der Waals surface area contributed by atoms with Crippen LogP contribution < -0.4 is 15.8 Å². The molecule has 1 aromatic heterocycles. The number of carbonyl (C=O) groups excluding carboxylic acids is 1. The van der Waals surface area contributed by atoms with Gasteiger partial charge < -0.3 is 15.8 Å². The number of rotatable bonds is 7. The second-order valence-electron chi connectivity index (χ2n) is 6.14. The molecule has 1 amide bonds. The van der Waals surface area contributed by atoms with Gasteiger partial charge in [-0.15, -0.1) is 24.8 Å². The smallest absolute Gasteiger partial charge is 0.224 e. The quantitative estimate of drug-likeness (QED) is 0.743. The van der Waals surface area contributed by atoms with E-state index in [2.05, 4.69) is 15.4 Å². The first-order valence-corrected chi connectivity index (χ1v) is 8.31. The lowest BCUT2D eigenvalue weighted by molar-refractivity contribution is -0.117. The summed E-state index contributed by atoms with van der Waals surface area (Å²) in [5, 5.41) is 6.95. The maximum absolute atomic E-state index is 12.2. The molecule has 1 aliphatic rings. The number of amides is 1. The Morgan fingerprint density at radius 2 is 2.19 bits per heavy atom. The van der Waals surface area contributed by atoms with Gasteiger partial charge in [-0.2, -0.15) is 5.10 Å². The zero-order valence-electron chi connectivity index (χ0n) is 14.4. The zero-order valence-corrected chi connectivity index (χ0v) is 16.0. The molecule has 0 spiro atoms. The predicted molar refractivity (Wildman–Crippen MR) is 105 cm³/mol. The van der Waals surface area contributed by atoms with Crippen LogP contribution in [0, 0.1) is 5.92 Å². The Hall–Kier alpha value is -1.83. The average Bonchev–Trinajstić information content (AvgIpc) is 3.20. The summed E-state index contributed by atoms with van der Waals surface area (Å²) in [6.45, 7) is 1.11. The Morgan fingerprint density at radius 1 is 1.35 bits per heavy atom. The first-order chi connectivity index (χ1) is 11.7. The van der Waals surface area contributed by atoms with Crippen LogP contribution in [-0.4, -0.2) is 33.3 Å². The minimum Gasteiger partial charge on any atom is -0.492 e. The van der Waals surface area contributed by atoms with Gasteiger partial charge in [-0.3, -0.25) is 4.79 Å². The molecule has 1 saturated carbocycles. The van der Waals surface area contributed by atoms with E-state index < -0.39 is 0 Å². The van der Waals surface area contributed by atoms with Crippen LogP contribution in [-0.2, 0) is 11.3 Å². The van der Waals surface area contributed by atoms with Crippen molar-refractivity contribution < 1.29 is 9.53 Å². The third-order valence-electron chi connectivity index (χ3n) is 4.34. The molecule has 1 aliphatic carbocycles. The molecular formula is C17H25Cl2N5O2. The van der Waals surface area contributed by atoms with E-state index in [-0.39, 0.29) is 36.8 Å². The summed E-state index contributed by atoms with van der Waals surface area (Å²) in [5.74, 6) is 1.02. The summed E-state index contributed by atoms with van der Waals surface area (Å²) in [4.78, 5) is 16.1. The van der Waals surface area contributed by atoms with Crippen LogP contribution in [0.3, 0.4) is 0 Å². The first kappa shape index (κ1) is 22.2. The number of nitrogens with zero attached hydrogens (tertiary/aromatic N) is 3. The second kappa shape index (κ2) is 11.0. The molecule has 0 saturated heterocycles. The van der Waals surface area contributed by atoms with Crippen molar-refractivity contribution in [2.24, 2.45) is 11.7 Å². The summed E-state index contributed by atoms with van der Waals surface area (Å²) in [6.07, 6.45) is 6.81. The lowest BCUT2D eigenvalue weighted by atomic mass is 10.00. The van der Waals surface area contributed by atoms with Crippen molar-refractivity contribution >= 4 is 36.4 Å². The molecule has 0 unspecified atom stereocenters. The van der Waals surface area contributed by atoms with Crippen molar-refractivity contribution in [1.82, 2.24) is 14.8 Å². The van der Waals surface area contributed by atoms with Crippen molar-refractivity contribution in [3.05, 3.63) is 36.9 Å². The molecule has 2 atom stereocenters. The number of anilines is 1. The summed E-state index contributed by atoms with van der Waals surface area (Å²) in [7, 11) is 0. The van der Waals surface area contributed by atoms with E-state index in [9.17, 15) is 4.79 Å². The molecule has 0 bridgehead atoms. The standard InChI is InChI=1S/C17H23N5O2.2ClH/c18-16-6-1-3-13(16)9-17(23)21-14-4-2-5-15(10-14)24-8-7-22-12-19-11-20-22;;/h2,4-5,10-13,16H,1,3,6-9,18H2,(H,21,23);2*1H/t13-,16+;;/m0../s1. The number of nitrogens with two attached hydrogens (primary N) is 1. The van der Waals surface area contributed by atoms with Crippen molar-refractivity contribution in [2.75, 3.05) is 11.9 Å². The molecule has 1 fully saturated rings. The Balaban J connectivity index is 0.00000169. The number of halogens is 2. The fraction of sp³-hybridized carbons (Fsp3) is 0.471. The highest BCUT2D eigenvalue weighted by Gasteiger charge is 2.25. The van der Waals surface area contributed by atoms with E-state index >= 15 is 0 Å². The van der Waals surface area contributed by atoms with Gasteiger partial charge in [0.25, 0.3) is 0 Å². The predicted octanol–water partition coefficient (Wildman–Crippen LogP) is 2.66. The van der Waals surface area contributed by atoms with Crippen LogP contribution in [0.2, 0.25) is 0 Å². The number of aromatic nitrogens is 3. The van der Waals surface area contributed by atoms with Crippen LogP contribution in [0.5, 0.6) is 5.75 Å². The SMILES string of the molecule is Cl.Cl.N[C@@H]1CCC[C@H]1CC(=O)Nc1cccc(OCCn2cncn2)c1. The lowest BCUT2D eigenvalue weighted by Gasteiger charge is -2.15. The van der Waals surface area contributed by atoms with E-state index in [1.165, 1.54) is 6.33 Å². The van der Waals surface area contributed by atoms with Crippen molar-refractivity contribution in [3.63, 3.8) is 0 Å². The van der Waals surface area contributed by atoms with Crippen LogP contribution in [0.25, 0.3) is 0 Å². The second-order valence-corrected chi connectivity index (χ2v) is 6.14. The highest BCUT2D eigenvalue weighted by molar-refractivity contribution is 5.91. The topological polar surface area (TPSA) is 95.1 Å². The number of ether oxygens (including phenoxy) is 1. The average molecular weight is 402 g/mol. The third-order valence-corrected chi connectivity index (χ3v) is 4.34. The van der Waals surface area contributed by atoms with E-state index in [0.717, 1.165) is 24.9 Å². The Bertz CT molecular complexity index is 669. The van der Waals surface area contributed by atoms with E-state index in [4.69, 9.17) is 10.5 Å².